The second kappa shape index (κ2) is 12.8. The van der Waals surface area contributed by atoms with E-state index >= 15 is 0 Å². The van der Waals surface area contributed by atoms with Crippen molar-refractivity contribution >= 4 is 23.6 Å². The quantitative estimate of drug-likeness (QED) is 0.451. The molecule has 2 heterocycles. The van der Waals surface area contributed by atoms with Gasteiger partial charge in [0.15, 0.2) is 0 Å². The van der Waals surface area contributed by atoms with Gasteiger partial charge in [0.25, 0.3) is 11.8 Å². The Morgan fingerprint density at radius 3 is 2.55 bits per heavy atom. The minimum Gasteiger partial charge on any atom is -0.473 e. The predicted molar refractivity (Wildman–Crippen MR) is 153 cm³/mol. The number of nitrogens with zero attached hydrogens (tertiary/aromatic N) is 3. The summed E-state index contributed by atoms with van der Waals surface area (Å²) in [6.45, 7) is 14.4. The molecule has 2 atom stereocenters. The number of aryl methyl sites for hydroxylation is 1. The van der Waals surface area contributed by atoms with Crippen molar-refractivity contribution in [1.82, 2.24) is 9.80 Å². The maximum Gasteiger partial charge on any atom is 0.410 e. The number of carbonyl (C=O) groups excluding carboxylic acids is 3. The number of benzene rings is 1. The molecule has 0 aromatic heterocycles. The number of piperidine rings is 1. The fraction of sp³-hybridized carbons (Fsp3) is 0.700. The molecule has 224 valence electrons. The molecule has 40 heavy (non-hydrogen) atoms. The van der Waals surface area contributed by atoms with Gasteiger partial charge in [-0.05, 0) is 91.8 Å². The van der Waals surface area contributed by atoms with Crippen molar-refractivity contribution in [3.63, 3.8) is 0 Å². The summed E-state index contributed by atoms with van der Waals surface area (Å²) < 4.78 is 16.8. The van der Waals surface area contributed by atoms with Crippen LogP contribution in [0.4, 0.5) is 10.5 Å². The fourth-order valence-corrected chi connectivity index (χ4v) is 5.35. The van der Waals surface area contributed by atoms with Crippen molar-refractivity contribution < 1.29 is 33.7 Å². The maximum absolute atomic E-state index is 14.2. The van der Waals surface area contributed by atoms with E-state index in [4.69, 9.17) is 14.2 Å². The second-order valence-corrected chi connectivity index (χ2v) is 12.3. The molecular formula is C30H47N3O7. The number of rotatable bonds is 9. The van der Waals surface area contributed by atoms with Gasteiger partial charge in [-0.3, -0.25) is 9.59 Å². The van der Waals surface area contributed by atoms with E-state index in [-0.39, 0.29) is 30.0 Å². The molecule has 1 saturated heterocycles. The van der Waals surface area contributed by atoms with Gasteiger partial charge in [0, 0.05) is 45.0 Å². The molecule has 1 aromatic carbocycles. The van der Waals surface area contributed by atoms with Crippen molar-refractivity contribution in [1.29, 1.82) is 0 Å². The van der Waals surface area contributed by atoms with E-state index in [1.807, 2.05) is 46.4 Å². The Hall–Kier alpha value is -2.85. The Kier molecular flexibility index (Phi) is 10.1. The van der Waals surface area contributed by atoms with Crippen LogP contribution in [0.5, 0.6) is 5.75 Å². The van der Waals surface area contributed by atoms with Gasteiger partial charge in [-0.1, -0.05) is 0 Å². The Labute approximate surface area is 238 Å². The van der Waals surface area contributed by atoms with Gasteiger partial charge >= 0.3 is 6.09 Å². The molecule has 1 unspecified atom stereocenters. The molecule has 10 nitrogen and oxygen atoms in total. The third-order valence-corrected chi connectivity index (χ3v) is 7.37. The van der Waals surface area contributed by atoms with Crippen LogP contribution in [0.1, 0.15) is 83.1 Å². The number of methoxy groups -OCH3 is 1. The lowest BCUT2D eigenvalue weighted by molar-refractivity contribution is -0.137. The van der Waals surface area contributed by atoms with E-state index in [0.717, 1.165) is 19.3 Å². The molecule has 0 bridgehead atoms. The number of carbonyl (C=O) groups is 3. The van der Waals surface area contributed by atoms with Crippen LogP contribution in [0.15, 0.2) is 12.1 Å². The lowest BCUT2D eigenvalue weighted by Gasteiger charge is -2.42. The topological polar surface area (TPSA) is 109 Å². The summed E-state index contributed by atoms with van der Waals surface area (Å²) >= 11 is 0. The van der Waals surface area contributed by atoms with E-state index in [9.17, 15) is 19.5 Å². The average molecular weight is 562 g/mol. The molecule has 0 saturated carbocycles. The van der Waals surface area contributed by atoms with Crippen LogP contribution >= 0.6 is 0 Å². The van der Waals surface area contributed by atoms with Gasteiger partial charge in [0.05, 0.1) is 18.3 Å². The molecular weight excluding hydrogens is 514 g/mol. The highest BCUT2D eigenvalue weighted by atomic mass is 16.6. The van der Waals surface area contributed by atoms with E-state index in [1.165, 1.54) is 0 Å². The van der Waals surface area contributed by atoms with Crippen molar-refractivity contribution in [3.05, 3.63) is 23.3 Å². The zero-order valence-corrected chi connectivity index (χ0v) is 25.4. The first-order chi connectivity index (χ1) is 18.7. The second-order valence-electron chi connectivity index (χ2n) is 12.3. The Morgan fingerprint density at radius 1 is 1.25 bits per heavy atom. The van der Waals surface area contributed by atoms with Crippen molar-refractivity contribution in [2.45, 2.75) is 97.4 Å². The van der Waals surface area contributed by atoms with Crippen LogP contribution in [0.25, 0.3) is 0 Å². The van der Waals surface area contributed by atoms with Gasteiger partial charge in [-0.2, -0.15) is 0 Å². The van der Waals surface area contributed by atoms with Gasteiger partial charge in [-0.25, -0.2) is 4.79 Å². The van der Waals surface area contributed by atoms with Crippen molar-refractivity contribution in [3.8, 4) is 5.75 Å². The van der Waals surface area contributed by atoms with Crippen molar-refractivity contribution in [2.75, 3.05) is 44.9 Å². The summed E-state index contributed by atoms with van der Waals surface area (Å²) in [6.07, 6.45) is 2.63. The number of fused-ring (bicyclic) bond motifs is 1. The normalized spacial score (nSPS) is 21.2. The van der Waals surface area contributed by atoms with Crippen LogP contribution in [-0.2, 0) is 14.3 Å². The van der Waals surface area contributed by atoms with E-state index in [1.54, 1.807) is 36.0 Å². The van der Waals surface area contributed by atoms with Gasteiger partial charge in [0.1, 0.15) is 11.4 Å². The monoisotopic (exact) mass is 561 g/mol. The van der Waals surface area contributed by atoms with E-state index in [2.05, 4.69) is 0 Å². The number of unbranched alkanes of at least 4 members (excludes halogenated alkanes) is 1. The number of anilines is 1. The average Bonchev–Trinajstić information content (AvgIpc) is 2.87. The molecule has 1 aromatic rings. The summed E-state index contributed by atoms with van der Waals surface area (Å²) in [5.74, 6) is -0.0430. The van der Waals surface area contributed by atoms with Gasteiger partial charge in [-0.15, -0.1) is 0 Å². The van der Waals surface area contributed by atoms with Gasteiger partial charge < -0.3 is 34.0 Å². The molecule has 0 aliphatic carbocycles. The number of aliphatic hydroxyl groups excluding tert-OH is 1. The summed E-state index contributed by atoms with van der Waals surface area (Å²) in [7, 11) is 1.64. The van der Waals surface area contributed by atoms with Crippen LogP contribution in [0.2, 0.25) is 0 Å². The summed E-state index contributed by atoms with van der Waals surface area (Å²) in [6, 6.07) is 3.22. The molecule has 1 N–H and O–H groups in total. The Bertz CT molecular complexity index is 1080. The number of ether oxygens (including phenoxy) is 3. The Morgan fingerprint density at radius 2 is 1.95 bits per heavy atom. The Balaban J connectivity index is 1.93. The first-order valence-electron chi connectivity index (χ1n) is 14.3. The van der Waals surface area contributed by atoms with E-state index < -0.39 is 17.8 Å². The fourth-order valence-electron chi connectivity index (χ4n) is 5.35. The van der Waals surface area contributed by atoms with Gasteiger partial charge in [0.2, 0.25) is 5.60 Å². The van der Waals surface area contributed by atoms with Crippen LogP contribution in [0.3, 0.4) is 0 Å². The highest BCUT2D eigenvalue weighted by molar-refractivity contribution is 6.05. The number of aliphatic hydroxyl groups is 1. The molecule has 3 rings (SSSR count). The lowest BCUT2D eigenvalue weighted by atomic mass is 9.97. The third-order valence-electron chi connectivity index (χ3n) is 7.37. The number of amides is 3. The predicted octanol–water partition coefficient (Wildman–Crippen LogP) is 4.15. The van der Waals surface area contributed by atoms with Crippen molar-refractivity contribution in [2.24, 2.45) is 0 Å². The first kappa shape index (κ1) is 31.7. The molecule has 2 aliphatic heterocycles. The maximum atomic E-state index is 14.2. The smallest absolute Gasteiger partial charge is 0.410 e. The first-order valence-corrected chi connectivity index (χ1v) is 14.3. The number of likely N-dealkylation sites (tertiary alicyclic amines) is 1. The highest BCUT2D eigenvalue weighted by Gasteiger charge is 2.45. The summed E-state index contributed by atoms with van der Waals surface area (Å²) in [5.41, 5.74) is -0.289. The lowest BCUT2D eigenvalue weighted by Crippen LogP contribution is -2.57. The minimum atomic E-state index is -1.40. The standard InChI is InChI=1S/C30H47N3O7/c1-20(2)33(22-12-11-13-31(18-22)28(37)40-29(4,5)6)26(35)23-17-24-25(16-21(23)3)39-30(7,19-34)27(36)32(24)14-9-10-15-38-8/h16-17,20,22,34H,9-15,18-19H2,1-8H3/t22-,30?/m1/s1. The zero-order valence-electron chi connectivity index (χ0n) is 25.4. The number of hydrogen-bond donors (Lipinski definition) is 1. The minimum absolute atomic E-state index is 0.118. The highest BCUT2D eigenvalue weighted by Crippen LogP contribution is 2.40. The number of hydrogen-bond acceptors (Lipinski definition) is 7. The third kappa shape index (κ3) is 7.07. The molecule has 1 fully saturated rings. The van der Waals surface area contributed by atoms with Crippen LogP contribution in [-0.4, -0.2) is 96.1 Å². The van der Waals surface area contributed by atoms with Crippen LogP contribution in [0, 0.1) is 6.92 Å². The van der Waals surface area contributed by atoms with Crippen LogP contribution < -0.4 is 9.64 Å². The summed E-state index contributed by atoms with van der Waals surface area (Å²) in [4.78, 5) is 45.5. The molecule has 3 amide bonds. The molecule has 0 radical (unpaired) electrons. The largest absolute Gasteiger partial charge is 0.473 e. The molecule has 10 heteroatoms. The van der Waals surface area contributed by atoms with E-state index in [0.29, 0.717) is 55.2 Å². The SMILES string of the molecule is COCCCCN1C(=O)C(C)(CO)Oc2cc(C)c(C(=O)N(C(C)C)[C@@H]3CCCN(C(=O)OC(C)(C)C)C3)cc21. The zero-order chi connectivity index (χ0) is 29.8. The summed E-state index contributed by atoms with van der Waals surface area (Å²) in [5, 5.41) is 10.00. The molecule has 0 spiro atoms. The molecule has 2 aliphatic rings.